The van der Waals surface area contributed by atoms with Crippen LogP contribution in [0.15, 0.2) is 57.5 Å². The number of nitrogens with one attached hydrogen (secondary N) is 2. The maximum absolute atomic E-state index is 13.1. The number of carbonyl (C=O) groups excluding carboxylic acids is 2. The van der Waals surface area contributed by atoms with E-state index in [1.807, 2.05) is 0 Å². The zero-order valence-electron chi connectivity index (χ0n) is 13.1. The molecule has 2 aromatic rings. The number of benzene rings is 2. The fraction of sp³-hybridized carbons (Fsp3) is 0. The Morgan fingerprint density at radius 1 is 0.769 bits per heavy atom. The first-order chi connectivity index (χ1) is 12.3. The number of hydrogen-bond donors (Lipinski definition) is 2. The Hall–Kier alpha value is -2.32. The first-order valence-corrected chi connectivity index (χ1v) is 8.80. The van der Waals surface area contributed by atoms with Gasteiger partial charge in [0, 0.05) is 12.2 Å². The van der Waals surface area contributed by atoms with Crippen molar-refractivity contribution < 1.29 is 18.4 Å². The molecule has 0 atom stereocenters. The fourth-order valence-corrected chi connectivity index (χ4v) is 2.58. The van der Waals surface area contributed by atoms with E-state index in [2.05, 4.69) is 42.7 Å². The van der Waals surface area contributed by atoms with Crippen molar-refractivity contribution in [2.75, 3.05) is 0 Å². The van der Waals surface area contributed by atoms with Gasteiger partial charge in [-0.2, -0.15) is 0 Å². The summed E-state index contributed by atoms with van der Waals surface area (Å²) in [6.45, 7) is 0. The van der Waals surface area contributed by atoms with E-state index in [4.69, 9.17) is 0 Å². The lowest BCUT2D eigenvalue weighted by Crippen LogP contribution is -2.39. The summed E-state index contributed by atoms with van der Waals surface area (Å²) in [6.07, 6.45) is 5.33. The number of amides is 2. The molecule has 4 nitrogen and oxygen atoms in total. The highest BCUT2D eigenvalue weighted by Gasteiger charge is 2.02. The number of halogens is 4. The lowest BCUT2D eigenvalue weighted by Gasteiger charge is -2.02. The average Bonchev–Trinajstić information content (AvgIpc) is 2.62. The molecule has 0 bridgehead atoms. The molecule has 0 aliphatic heterocycles. The summed E-state index contributed by atoms with van der Waals surface area (Å²) in [5.74, 6) is -1.92. The smallest absolute Gasteiger partial charge is 0.262 e. The van der Waals surface area contributed by atoms with Crippen LogP contribution in [0.25, 0.3) is 12.2 Å². The van der Waals surface area contributed by atoms with Crippen molar-refractivity contribution in [2.45, 2.75) is 0 Å². The Morgan fingerprint density at radius 2 is 1.15 bits per heavy atom. The van der Waals surface area contributed by atoms with Crippen LogP contribution in [0.4, 0.5) is 8.78 Å². The van der Waals surface area contributed by atoms with Crippen LogP contribution >= 0.6 is 31.9 Å². The molecule has 0 unspecified atom stereocenters. The molecule has 2 amide bonds. The van der Waals surface area contributed by atoms with Crippen LogP contribution in [0.2, 0.25) is 0 Å². The molecule has 26 heavy (non-hydrogen) atoms. The van der Waals surface area contributed by atoms with Gasteiger partial charge in [0.1, 0.15) is 11.6 Å². The summed E-state index contributed by atoms with van der Waals surface area (Å²) >= 11 is 6.10. The molecule has 2 rings (SSSR count). The van der Waals surface area contributed by atoms with Gasteiger partial charge in [0.15, 0.2) is 0 Å². The molecule has 0 aromatic heterocycles. The summed E-state index contributed by atoms with van der Waals surface area (Å²) in [7, 11) is 0. The highest BCUT2D eigenvalue weighted by atomic mass is 79.9. The van der Waals surface area contributed by atoms with Gasteiger partial charge in [0.25, 0.3) is 11.8 Å². The Kier molecular flexibility index (Phi) is 7.23. The van der Waals surface area contributed by atoms with E-state index in [0.717, 1.165) is 0 Å². The van der Waals surface area contributed by atoms with Gasteiger partial charge in [-0.1, -0.05) is 12.1 Å². The molecule has 0 fully saturated rings. The lowest BCUT2D eigenvalue weighted by atomic mass is 10.2. The van der Waals surface area contributed by atoms with Crippen LogP contribution < -0.4 is 10.9 Å². The number of carbonyl (C=O) groups is 2. The normalized spacial score (nSPS) is 11.1. The quantitative estimate of drug-likeness (QED) is 0.499. The number of rotatable bonds is 4. The number of hydrazine groups is 1. The van der Waals surface area contributed by atoms with Crippen LogP contribution in [0.1, 0.15) is 11.1 Å². The maximum Gasteiger partial charge on any atom is 0.262 e. The van der Waals surface area contributed by atoms with E-state index in [0.29, 0.717) is 11.1 Å². The van der Waals surface area contributed by atoms with Gasteiger partial charge in [0.2, 0.25) is 0 Å². The van der Waals surface area contributed by atoms with Crippen LogP contribution in [0, 0.1) is 11.6 Å². The molecule has 2 aromatic carbocycles. The van der Waals surface area contributed by atoms with Crippen molar-refractivity contribution >= 4 is 55.8 Å². The molecule has 0 heterocycles. The summed E-state index contributed by atoms with van der Waals surface area (Å²) in [5, 5.41) is 0. The van der Waals surface area contributed by atoms with E-state index in [1.54, 1.807) is 0 Å². The van der Waals surface area contributed by atoms with E-state index in [9.17, 15) is 18.4 Å². The largest absolute Gasteiger partial charge is 0.268 e. The van der Waals surface area contributed by atoms with E-state index < -0.39 is 23.4 Å². The minimum Gasteiger partial charge on any atom is -0.268 e. The molecule has 0 saturated carbocycles. The third-order valence-electron chi connectivity index (χ3n) is 3.05. The Morgan fingerprint density at radius 3 is 1.50 bits per heavy atom. The highest BCUT2D eigenvalue weighted by molar-refractivity contribution is 9.10. The average molecular weight is 486 g/mol. The van der Waals surface area contributed by atoms with Crippen molar-refractivity contribution in [2.24, 2.45) is 0 Å². The van der Waals surface area contributed by atoms with E-state index in [-0.39, 0.29) is 8.95 Å². The molecular weight excluding hydrogens is 474 g/mol. The highest BCUT2D eigenvalue weighted by Crippen LogP contribution is 2.18. The van der Waals surface area contributed by atoms with Gasteiger partial charge in [-0.3, -0.25) is 20.4 Å². The maximum atomic E-state index is 13.1. The van der Waals surface area contributed by atoms with E-state index in [1.165, 1.54) is 60.7 Å². The molecule has 0 aliphatic rings. The van der Waals surface area contributed by atoms with Crippen LogP contribution in [-0.4, -0.2) is 11.8 Å². The topological polar surface area (TPSA) is 58.2 Å². The fourth-order valence-electron chi connectivity index (χ4n) is 1.78. The third kappa shape index (κ3) is 6.20. The van der Waals surface area contributed by atoms with Crippen LogP contribution in [0.5, 0.6) is 0 Å². The second kappa shape index (κ2) is 9.40. The van der Waals surface area contributed by atoms with Crippen molar-refractivity contribution in [1.29, 1.82) is 0 Å². The predicted molar refractivity (Wildman–Crippen MR) is 103 cm³/mol. The van der Waals surface area contributed by atoms with Gasteiger partial charge < -0.3 is 0 Å². The number of hydrogen-bond acceptors (Lipinski definition) is 2. The second-order valence-electron chi connectivity index (χ2n) is 4.99. The molecule has 2 N–H and O–H groups in total. The molecule has 0 radical (unpaired) electrons. The van der Waals surface area contributed by atoms with Crippen molar-refractivity contribution in [3.05, 3.63) is 80.3 Å². The van der Waals surface area contributed by atoms with Crippen molar-refractivity contribution in [3.8, 4) is 0 Å². The zero-order valence-corrected chi connectivity index (χ0v) is 16.3. The molecule has 0 saturated heterocycles. The SMILES string of the molecule is O=C(/C=C/c1ccc(F)c(Br)c1)NNC(=O)/C=C/c1ccc(F)c(Br)c1. The van der Waals surface area contributed by atoms with E-state index >= 15 is 0 Å². The first kappa shape index (κ1) is 20.0. The first-order valence-electron chi connectivity index (χ1n) is 7.21. The van der Waals surface area contributed by atoms with Crippen LogP contribution in [0.3, 0.4) is 0 Å². The van der Waals surface area contributed by atoms with Crippen LogP contribution in [-0.2, 0) is 9.59 Å². The molecule has 0 aliphatic carbocycles. The van der Waals surface area contributed by atoms with Crippen molar-refractivity contribution in [3.63, 3.8) is 0 Å². The Labute approximate surface area is 165 Å². The summed E-state index contributed by atoms with van der Waals surface area (Å²) in [6, 6.07) is 8.57. The minimum atomic E-state index is -0.559. The Bertz CT molecular complexity index is 825. The summed E-state index contributed by atoms with van der Waals surface area (Å²) in [5.41, 5.74) is 5.63. The second-order valence-corrected chi connectivity index (χ2v) is 6.70. The third-order valence-corrected chi connectivity index (χ3v) is 4.27. The summed E-state index contributed by atoms with van der Waals surface area (Å²) in [4.78, 5) is 23.3. The van der Waals surface area contributed by atoms with Gasteiger partial charge in [-0.15, -0.1) is 0 Å². The minimum absolute atomic E-state index is 0.283. The summed E-state index contributed by atoms with van der Waals surface area (Å²) < 4.78 is 26.8. The molecule has 0 spiro atoms. The molecule has 8 heteroatoms. The molecule has 134 valence electrons. The Balaban J connectivity index is 1.85. The van der Waals surface area contributed by atoms with Gasteiger partial charge >= 0.3 is 0 Å². The van der Waals surface area contributed by atoms with Gasteiger partial charge in [-0.25, -0.2) is 8.78 Å². The monoisotopic (exact) mass is 484 g/mol. The standard InChI is InChI=1S/C18H12Br2F2N2O2/c19-13-9-11(1-5-15(13)21)3-7-17(25)23-24-18(26)8-4-12-2-6-16(22)14(20)10-12/h1-10H,(H,23,25)(H,24,26)/b7-3+,8-4+. The predicted octanol–water partition coefficient (Wildman–Crippen LogP) is 4.36. The van der Waals surface area contributed by atoms with Crippen molar-refractivity contribution in [1.82, 2.24) is 10.9 Å². The zero-order chi connectivity index (χ0) is 19.1. The molecular formula is C18H12Br2F2N2O2. The van der Waals surface area contributed by atoms with Gasteiger partial charge in [-0.05, 0) is 79.4 Å². The van der Waals surface area contributed by atoms with Gasteiger partial charge in [0.05, 0.1) is 8.95 Å². The lowest BCUT2D eigenvalue weighted by molar-refractivity contribution is -0.123.